The van der Waals surface area contributed by atoms with E-state index in [1.165, 1.54) is 19.2 Å². The molecule has 1 fully saturated rings. The molecule has 0 spiro atoms. The summed E-state index contributed by atoms with van der Waals surface area (Å²) < 4.78 is 31.2. The Morgan fingerprint density at radius 3 is 2.20 bits per heavy atom. The number of alkyl carbamates (subject to hydrolysis) is 1. The molecule has 0 bridgehead atoms. The van der Waals surface area contributed by atoms with Gasteiger partial charge < -0.3 is 24.8 Å². The van der Waals surface area contributed by atoms with Crippen LogP contribution in [0.4, 0.5) is 9.18 Å². The van der Waals surface area contributed by atoms with E-state index in [2.05, 4.69) is 10.6 Å². The van der Waals surface area contributed by atoms with Crippen LogP contribution in [0.15, 0.2) is 84.9 Å². The molecule has 1 aliphatic heterocycles. The summed E-state index contributed by atoms with van der Waals surface area (Å²) in [6.45, 7) is 1.62. The molecule has 2 amide bonds. The van der Waals surface area contributed by atoms with Gasteiger partial charge in [-0.2, -0.15) is 0 Å². The number of fused-ring (bicyclic) bond motifs is 3. The van der Waals surface area contributed by atoms with Crippen LogP contribution in [0.25, 0.3) is 22.3 Å². The molecule has 10 heteroatoms. The topological polar surface area (TPSA) is 103 Å². The first-order valence-electron chi connectivity index (χ1n) is 14.4. The zero-order valence-electron chi connectivity index (χ0n) is 24.6. The average Bonchev–Trinajstić information content (AvgIpc) is 3.34. The molecule has 4 aromatic carbocycles. The predicted molar refractivity (Wildman–Crippen MR) is 166 cm³/mol. The lowest BCUT2D eigenvalue weighted by molar-refractivity contribution is -0.148. The van der Waals surface area contributed by atoms with Crippen molar-refractivity contribution in [1.29, 1.82) is 0 Å². The second kappa shape index (κ2) is 12.3. The minimum Gasteiger partial charge on any atom is -0.465 e. The van der Waals surface area contributed by atoms with Crippen LogP contribution in [0.5, 0.6) is 0 Å². The fourth-order valence-electron chi connectivity index (χ4n) is 5.93. The number of carbonyl (C=O) groups excluding carboxylic acids is 3. The van der Waals surface area contributed by atoms with Gasteiger partial charge in [0.15, 0.2) is 5.54 Å². The minimum absolute atomic E-state index is 0.0533. The maximum Gasteiger partial charge on any atom is 0.408 e. The SMILES string of the molecule is COC(=O)c1c(Cl)cccc1-c1ccc([C@@H](C)NC(=O)C2(NC(=O)OCC3c4ccccc4-c4ccccc43)COC2)c(F)c1. The van der Waals surface area contributed by atoms with Gasteiger partial charge in [0.1, 0.15) is 12.4 Å². The van der Waals surface area contributed by atoms with Crippen molar-refractivity contribution in [3.05, 3.63) is 118 Å². The highest BCUT2D eigenvalue weighted by atomic mass is 35.5. The Labute approximate surface area is 264 Å². The number of carbonyl (C=O) groups is 3. The molecule has 8 nitrogen and oxygen atoms in total. The third-order valence-corrected chi connectivity index (χ3v) is 8.66. The monoisotopic (exact) mass is 628 g/mol. The lowest BCUT2D eigenvalue weighted by atomic mass is 9.94. The largest absolute Gasteiger partial charge is 0.465 e. The van der Waals surface area contributed by atoms with Crippen LogP contribution in [0.2, 0.25) is 5.02 Å². The summed E-state index contributed by atoms with van der Waals surface area (Å²) in [4.78, 5) is 38.7. The molecule has 1 heterocycles. The van der Waals surface area contributed by atoms with E-state index in [4.69, 9.17) is 25.8 Å². The van der Waals surface area contributed by atoms with Crippen molar-refractivity contribution in [3.63, 3.8) is 0 Å². The van der Waals surface area contributed by atoms with Gasteiger partial charge in [-0.1, -0.05) is 84.4 Å². The zero-order valence-corrected chi connectivity index (χ0v) is 25.3. The Hall–Kier alpha value is -4.73. The summed E-state index contributed by atoms with van der Waals surface area (Å²) in [5.74, 6) is -1.90. The molecule has 0 unspecified atom stereocenters. The highest BCUT2D eigenvalue weighted by Crippen LogP contribution is 2.44. The number of rotatable bonds is 8. The standard InChI is InChI=1S/C35H30ClFN2O6/c1-20(22-15-14-21(16-30(22)37)23-12-7-13-29(36)31(23)32(40)43-2)38-33(41)35(18-44-19-35)39-34(42)45-17-28-26-10-5-3-8-24(26)25-9-4-6-11-27(25)28/h3-16,20,28H,17-19H2,1-2H3,(H,38,41)(H,39,42)/t20-/m1/s1. The molecule has 2 N–H and O–H groups in total. The van der Waals surface area contributed by atoms with Crippen molar-refractivity contribution in [3.8, 4) is 22.3 Å². The lowest BCUT2D eigenvalue weighted by Gasteiger charge is -2.40. The van der Waals surface area contributed by atoms with E-state index in [0.29, 0.717) is 11.1 Å². The molecule has 230 valence electrons. The van der Waals surface area contributed by atoms with E-state index in [9.17, 15) is 14.4 Å². The number of amides is 2. The van der Waals surface area contributed by atoms with Gasteiger partial charge in [-0.15, -0.1) is 0 Å². The van der Waals surface area contributed by atoms with Gasteiger partial charge in [0.25, 0.3) is 5.91 Å². The van der Waals surface area contributed by atoms with E-state index in [1.807, 2.05) is 48.5 Å². The molecule has 0 aromatic heterocycles. The maximum absolute atomic E-state index is 15.4. The van der Waals surface area contributed by atoms with Crippen LogP contribution in [-0.4, -0.2) is 50.4 Å². The van der Waals surface area contributed by atoms with Crippen molar-refractivity contribution >= 4 is 29.6 Å². The van der Waals surface area contributed by atoms with Crippen molar-refractivity contribution in [2.24, 2.45) is 0 Å². The quantitative estimate of drug-likeness (QED) is 0.218. The smallest absolute Gasteiger partial charge is 0.408 e. The summed E-state index contributed by atoms with van der Waals surface area (Å²) in [6, 6.07) is 24.5. The van der Waals surface area contributed by atoms with Crippen LogP contribution in [0, 0.1) is 5.82 Å². The zero-order chi connectivity index (χ0) is 31.7. The molecule has 2 aliphatic rings. The first-order valence-corrected chi connectivity index (χ1v) is 14.8. The van der Waals surface area contributed by atoms with E-state index in [0.717, 1.165) is 22.3 Å². The van der Waals surface area contributed by atoms with E-state index in [1.54, 1.807) is 31.2 Å². The number of methoxy groups -OCH3 is 1. The Bertz CT molecular complexity index is 1760. The summed E-state index contributed by atoms with van der Waals surface area (Å²) in [7, 11) is 1.24. The fourth-order valence-corrected chi connectivity index (χ4v) is 6.18. The van der Waals surface area contributed by atoms with Crippen molar-refractivity contribution < 1.29 is 33.0 Å². The fraction of sp³-hybridized carbons (Fsp3) is 0.229. The normalized spacial score (nSPS) is 15.2. The molecule has 4 aromatic rings. The second-order valence-corrected chi connectivity index (χ2v) is 11.5. The number of esters is 1. The summed E-state index contributed by atoms with van der Waals surface area (Å²) in [5.41, 5.74) is 4.17. The van der Waals surface area contributed by atoms with Crippen LogP contribution >= 0.6 is 11.6 Å². The summed E-state index contributed by atoms with van der Waals surface area (Å²) >= 11 is 6.23. The molecule has 0 saturated carbocycles. The average molecular weight is 629 g/mol. The Morgan fingerprint density at radius 1 is 0.956 bits per heavy atom. The Morgan fingerprint density at radius 2 is 1.60 bits per heavy atom. The van der Waals surface area contributed by atoms with Gasteiger partial charge in [0.2, 0.25) is 0 Å². The molecular formula is C35H30ClFN2O6. The second-order valence-electron chi connectivity index (χ2n) is 11.1. The van der Waals surface area contributed by atoms with Gasteiger partial charge in [-0.25, -0.2) is 14.0 Å². The van der Waals surface area contributed by atoms with Crippen LogP contribution in [0.3, 0.4) is 0 Å². The Kier molecular flexibility index (Phi) is 8.31. The third kappa shape index (κ3) is 5.65. The minimum atomic E-state index is -1.36. The lowest BCUT2D eigenvalue weighted by Crippen LogP contribution is -2.70. The van der Waals surface area contributed by atoms with E-state index < -0.39 is 35.4 Å². The molecular weight excluding hydrogens is 599 g/mol. The number of halogens is 2. The maximum atomic E-state index is 15.4. The van der Waals surface area contributed by atoms with Gasteiger partial charge in [-0.3, -0.25) is 4.79 Å². The van der Waals surface area contributed by atoms with Gasteiger partial charge >= 0.3 is 12.1 Å². The van der Waals surface area contributed by atoms with Crippen molar-refractivity contribution in [1.82, 2.24) is 10.6 Å². The van der Waals surface area contributed by atoms with Crippen LogP contribution < -0.4 is 10.6 Å². The first kappa shape index (κ1) is 30.3. The number of nitrogens with one attached hydrogen (secondary N) is 2. The number of benzene rings is 4. The van der Waals surface area contributed by atoms with Gasteiger partial charge in [0.05, 0.1) is 37.0 Å². The third-order valence-electron chi connectivity index (χ3n) is 8.35. The number of hydrogen-bond donors (Lipinski definition) is 2. The summed E-state index contributed by atoms with van der Waals surface area (Å²) in [5, 5.41) is 5.66. The highest BCUT2D eigenvalue weighted by Gasteiger charge is 2.48. The van der Waals surface area contributed by atoms with Crippen LogP contribution in [0.1, 0.15) is 45.9 Å². The highest BCUT2D eigenvalue weighted by molar-refractivity contribution is 6.34. The van der Waals surface area contributed by atoms with Crippen molar-refractivity contribution in [2.45, 2.75) is 24.4 Å². The molecule has 1 atom stereocenters. The van der Waals surface area contributed by atoms with Crippen molar-refractivity contribution in [2.75, 3.05) is 26.9 Å². The van der Waals surface area contributed by atoms with E-state index >= 15 is 4.39 Å². The molecule has 1 saturated heterocycles. The van der Waals surface area contributed by atoms with E-state index in [-0.39, 0.29) is 41.9 Å². The Balaban J connectivity index is 1.12. The molecule has 6 rings (SSSR count). The molecule has 0 radical (unpaired) electrons. The van der Waals surface area contributed by atoms with Crippen LogP contribution in [-0.2, 0) is 19.0 Å². The molecule has 45 heavy (non-hydrogen) atoms. The number of hydrogen-bond acceptors (Lipinski definition) is 6. The van der Waals surface area contributed by atoms with Gasteiger partial charge in [0, 0.05) is 11.5 Å². The molecule has 1 aliphatic carbocycles. The number of ether oxygens (including phenoxy) is 3. The predicted octanol–water partition coefficient (Wildman–Crippen LogP) is 6.42. The van der Waals surface area contributed by atoms with Gasteiger partial charge in [-0.05, 0) is 52.4 Å². The summed E-state index contributed by atoms with van der Waals surface area (Å²) in [6.07, 6.45) is -0.749. The first-order chi connectivity index (χ1) is 21.7.